The SMILES string of the molecule is Cc1c[nH]cc1C(=O)N[C@@H](Cc1ccc(O)cc1)C(=O)OC(C)C. The van der Waals surface area contributed by atoms with E-state index in [0.717, 1.165) is 11.1 Å². The number of phenols is 1. The fraction of sp³-hybridized carbons (Fsp3) is 0.333. The molecule has 6 nitrogen and oxygen atoms in total. The van der Waals surface area contributed by atoms with Gasteiger partial charge in [-0.15, -0.1) is 0 Å². The van der Waals surface area contributed by atoms with E-state index in [0.29, 0.717) is 5.56 Å². The van der Waals surface area contributed by atoms with E-state index < -0.39 is 12.0 Å². The number of aromatic amines is 1. The molecule has 0 aliphatic rings. The maximum absolute atomic E-state index is 12.4. The average Bonchev–Trinajstić information content (AvgIpc) is 2.94. The summed E-state index contributed by atoms with van der Waals surface area (Å²) < 4.78 is 5.25. The summed E-state index contributed by atoms with van der Waals surface area (Å²) in [6, 6.07) is 5.69. The molecule has 0 unspecified atom stereocenters. The van der Waals surface area contributed by atoms with Crippen molar-refractivity contribution >= 4 is 11.9 Å². The molecule has 2 rings (SSSR count). The molecule has 128 valence electrons. The van der Waals surface area contributed by atoms with Crippen molar-refractivity contribution in [1.82, 2.24) is 10.3 Å². The Bertz CT molecular complexity index is 704. The molecule has 0 bridgehead atoms. The Morgan fingerprint density at radius 1 is 1.21 bits per heavy atom. The molecule has 1 aromatic heterocycles. The summed E-state index contributed by atoms with van der Waals surface area (Å²) in [5.74, 6) is -0.676. The topological polar surface area (TPSA) is 91.4 Å². The van der Waals surface area contributed by atoms with Gasteiger partial charge in [-0.1, -0.05) is 12.1 Å². The summed E-state index contributed by atoms with van der Waals surface area (Å²) in [6.45, 7) is 5.33. The van der Waals surface area contributed by atoms with Crippen molar-refractivity contribution in [2.24, 2.45) is 0 Å². The van der Waals surface area contributed by atoms with E-state index in [1.54, 1.807) is 38.4 Å². The van der Waals surface area contributed by atoms with E-state index in [-0.39, 0.29) is 24.2 Å². The molecule has 0 aliphatic heterocycles. The molecule has 0 saturated carbocycles. The number of ether oxygens (including phenoxy) is 1. The maximum Gasteiger partial charge on any atom is 0.329 e. The number of carbonyl (C=O) groups excluding carboxylic acids is 2. The lowest BCUT2D eigenvalue weighted by molar-refractivity contribution is -0.149. The van der Waals surface area contributed by atoms with Gasteiger partial charge in [0.05, 0.1) is 11.7 Å². The minimum Gasteiger partial charge on any atom is -0.508 e. The zero-order valence-corrected chi connectivity index (χ0v) is 14.0. The summed E-state index contributed by atoms with van der Waals surface area (Å²) in [5, 5.41) is 12.1. The fourth-order valence-electron chi connectivity index (χ4n) is 2.30. The molecule has 1 aromatic carbocycles. The quantitative estimate of drug-likeness (QED) is 0.709. The Labute approximate surface area is 140 Å². The van der Waals surface area contributed by atoms with Crippen LogP contribution in [0.1, 0.15) is 35.3 Å². The second-order valence-electron chi connectivity index (χ2n) is 5.93. The van der Waals surface area contributed by atoms with Crippen LogP contribution in [0.3, 0.4) is 0 Å². The lowest BCUT2D eigenvalue weighted by Crippen LogP contribution is -2.44. The first-order valence-electron chi connectivity index (χ1n) is 7.79. The highest BCUT2D eigenvalue weighted by Gasteiger charge is 2.25. The summed E-state index contributed by atoms with van der Waals surface area (Å²) in [7, 11) is 0. The number of hydrogen-bond acceptors (Lipinski definition) is 4. The van der Waals surface area contributed by atoms with Gasteiger partial charge in [0.1, 0.15) is 11.8 Å². The summed E-state index contributed by atoms with van der Waals surface area (Å²) >= 11 is 0. The third-order valence-corrected chi connectivity index (χ3v) is 3.51. The number of hydrogen-bond donors (Lipinski definition) is 3. The van der Waals surface area contributed by atoms with Gasteiger partial charge in [0.25, 0.3) is 5.91 Å². The normalized spacial score (nSPS) is 12.0. The number of aromatic nitrogens is 1. The Morgan fingerprint density at radius 2 is 1.88 bits per heavy atom. The van der Waals surface area contributed by atoms with E-state index in [9.17, 15) is 14.7 Å². The molecule has 0 radical (unpaired) electrons. The molecule has 24 heavy (non-hydrogen) atoms. The van der Waals surface area contributed by atoms with Crippen LogP contribution >= 0.6 is 0 Å². The van der Waals surface area contributed by atoms with Crippen molar-refractivity contribution < 1.29 is 19.4 Å². The summed E-state index contributed by atoms with van der Waals surface area (Å²) in [5.41, 5.74) is 2.10. The molecular weight excluding hydrogens is 308 g/mol. The Balaban J connectivity index is 2.16. The standard InChI is InChI=1S/C18H22N2O4/c1-11(2)24-18(23)16(8-13-4-6-14(21)7-5-13)20-17(22)15-10-19-9-12(15)3/h4-7,9-11,16,19,21H,8H2,1-3H3,(H,20,22)/t16-/m0/s1. The molecule has 3 N–H and O–H groups in total. The fourth-order valence-corrected chi connectivity index (χ4v) is 2.30. The predicted molar refractivity (Wildman–Crippen MR) is 89.8 cm³/mol. The number of aromatic hydroxyl groups is 1. The van der Waals surface area contributed by atoms with Crippen molar-refractivity contribution in [3.63, 3.8) is 0 Å². The minimum atomic E-state index is -0.807. The van der Waals surface area contributed by atoms with Crippen LogP contribution in [0.5, 0.6) is 5.75 Å². The van der Waals surface area contributed by atoms with Gasteiger partial charge in [-0.05, 0) is 44.0 Å². The monoisotopic (exact) mass is 330 g/mol. The van der Waals surface area contributed by atoms with Gasteiger partial charge in [0, 0.05) is 18.8 Å². The lowest BCUT2D eigenvalue weighted by atomic mass is 10.0. The number of H-pyrrole nitrogens is 1. The van der Waals surface area contributed by atoms with E-state index in [1.807, 2.05) is 6.92 Å². The van der Waals surface area contributed by atoms with E-state index in [4.69, 9.17) is 4.74 Å². The van der Waals surface area contributed by atoms with Gasteiger partial charge in [-0.3, -0.25) is 4.79 Å². The van der Waals surface area contributed by atoms with Crippen LogP contribution in [-0.4, -0.2) is 34.1 Å². The van der Waals surface area contributed by atoms with E-state index in [1.165, 1.54) is 12.1 Å². The smallest absolute Gasteiger partial charge is 0.329 e. The zero-order valence-electron chi connectivity index (χ0n) is 14.0. The van der Waals surface area contributed by atoms with E-state index in [2.05, 4.69) is 10.3 Å². The van der Waals surface area contributed by atoms with Crippen molar-refractivity contribution in [3.05, 3.63) is 53.3 Å². The van der Waals surface area contributed by atoms with Crippen LogP contribution in [-0.2, 0) is 16.0 Å². The van der Waals surface area contributed by atoms with Gasteiger partial charge in [-0.2, -0.15) is 0 Å². The molecule has 0 saturated heterocycles. The van der Waals surface area contributed by atoms with Gasteiger partial charge in [0.15, 0.2) is 0 Å². The summed E-state index contributed by atoms with van der Waals surface area (Å²) in [4.78, 5) is 27.6. The van der Waals surface area contributed by atoms with Crippen LogP contribution in [0.15, 0.2) is 36.7 Å². The van der Waals surface area contributed by atoms with Crippen molar-refractivity contribution in [2.75, 3.05) is 0 Å². The molecule has 1 atom stereocenters. The highest BCUT2D eigenvalue weighted by atomic mass is 16.5. The van der Waals surface area contributed by atoms with Crippen LogP contribution < -0.4 is 5.32 Å². The van der Waals surface area contributed by atoms with E-state index >= 15 is 0 Å². The molecule has 2 aromatic rings. The van der Waals surface area contributed by atoms with Crippen LogP contribution in [0, 0.1) is 6.92 Å². The number of carbonyl (C=O) groups is 2. The minimum absolute atomic E-state index is 0.145. The highest BCUT2D eigenvalue weighted by molar-refractivity contribution is 5.97. The van der Waals surface area contributed by atoms with Crippen LogP contribution in [0.4, 0.5) is 0 Å². The van der Waals surface area contributed by atoms with Gasteiger partial charge >= 0.3 is 5.97 Å². The number of nitrogens with one attached hydrogen (secondary N) is 2. The van der Waals surface area contributed by atoms with Crippen LogP contribution in [0.2, 0.25) is 0 Å². The molecule has 1 heterocycles. The molecule has 6 heteroatoms. The first-order valence-corrected chi connectivity index (χ1v) is 7.79. The molecule has 0 fully saturated rings. The van der Waals surface area contributed by atoms with Crippen molar-refractivity contribution in [3.8, 4) is 5.75 Å². The molecule has 0 spiro atoms. The first kappa shape index (κ1) is 17.6. The molecule has 1 amide bonds. The van der Waals surface area contributed by atoms with Gasteiger partial charge in [-0.25, -0.2) is 4.79 Å². The number of amides is 1. The lowest BCUT2D eigenvalue weighted by Gasteiger charge is -2.19. The number of aryl methyl sites for hydroxylation is 1. The third-order valence-electron chi connectivity index (χ3n) is 3.51. The largest absolute Gasteiger partial charge is 0.508 e. The highest BCUT2D eigenvalue weighted by Crippen LogP contribution is 2.13. The maximum atomic E-state index is 12.4. The summed E-state index contributed by atoms with van der Waals surface area (Å²) in [6.07, 6.45) is 3.32. The first-order chi connectivity index (χ1) is 11.4. The number of esters is 1. The predicted octanol–water partition coefficient (Wildman–Crippen LogP) is 2.32. The Kier molecular flexibility index (Phi) is 5.63. The van der Waals surface area contributed by atoms with Crippen molar-refractivity contribution in [1.29, 1.82) is 0 Å². The van der Waals surface area contributed by atoms with Gasteiger partial charge in [0.2, 0.25) is 0 Å². The second kappa shape index (κ2) is 7.68. The number of rotatable bonds is 6. The molecule has 0 aliphatic carbocycles. The Morgan fingerprint density at radius 3 is 2.42 bits per heavy atom. The van der Waals surface area contributed by atoms with Crippen molar-refractivity contribution in [2.45, 2.75) is 39.3 Å². The third kappa shape index (κ3) is 4.62. The Hall–Kier alpha value is -2.76. The average molecular weight is 330 g/mol. The molecular formula is C18H22N2O4. The van der Waals surface area contributed by atoms with Crippen LogP contribution in [0.25, 0.3) is 0 Å². The second-order valence-corrected chi connectivity index (χ2v) is 5.93. The zero-order chi connectivity index (χ0) is 17.7. The van der Waals surface area contributed by atoms with Gasteiger partial charge < -0.3 is 20.1 Å². The number of benzene rings is 1. The number of phenolic OH excluding ortho intramolecular Hbond substituents is 1.